The van der Waals surface area contributed by atoms with E-state index < -0.39 is 61.9 Å². The lowest BCUT2D eigenvalue weighted by atomic mass is 9.71. The molecule has 0 amide bonds. The van der Waals surface area contributed by atoms with Crippen molar-refractivity contribution in [3.05, 3.63) is 65.0 Å². The molecule has 2 aromatic rings. The summed E-state index contributed by atoms with van der Waals surface area (Å²) in [5, 5.41) is 0. The van der Waals surface area contributed by atoms with Crippen LogP contribution in [0.2, 0.25) is 0 Å². The lowest BCUT2D eigenvalue weighted by Gasteiger charge is -2.43. The summed E-state index contributed by atoms with van der Waals surface area (Å²) in [5.74, 6) is -2.05. The number of guanidine groups is 1. The number of aliphatic imine (C=N–C) groups is 1. The number of sulfone groups is 1. The molecule has 0 radical (unpaired) electrons. The van der Waals surface area contributed by atoms with Gasteiger partial charge in [0.15, 0.2) is 15.8 Å². The molecular weight excluding hydrogens is 558 g/mol. The highest BCUT2D eigenvalue weighted by Crippen LogP contribution is 2.61. The Morgan fingerprint density at radius 3 is 2.10 bits per heavy atom. The molecule has 4 atom stereocenters. The lowest BCUT2D eigenvalue weighted by molar-refractivity contribution is -0.348. The van der Waals surface area contributed by atoms with Gasteiger partial charge in [-0.1, -0.05) is 18.2 Å². The minimum atomic E-state index is -6.32. The summed E-state index contributed by atoms with van der Waals surface area (Å²) >= 11 is 0. The SMILES string of the molecule is C[C@H](N=C(N)N)[C@@H]1CC[C@@]2(S(=O)(=O)c3ccc(F)cc3)c3ccc(C(F)(C(F)(F)F)C(F)(F)F)cc3CC[C@@H]12. The van der Waals surface area contributed by atoms with Crippen LogP contribution in [0.25, 0.3) is 0 Å². The highest BCUT2D eigenvalue weighted by Gasteiger charge is 2.73. The lowest BCUT2D eigenvalue weighted by Crippen LogP contribution is -2.51. The molecule has 4 rings (SSSR count). The minimum absolute atomic E-state index is 0.0158. The molecule has 4 N–H and O–H groups in total. The van der Waals surface area contributed by atoms with E-state index in [-0.39, 0.29) is 47.7 Å². The van der Waals surface area contributed by atoms with Crippen LogP contribution >= 0.6 is 0 Å². The second kappa shape index (κ2) is 9.34. The molecule has 1 fully saturated rings. The van der Waals surface area contributed by atoms with Crippen molar-refractivity contribution in [2.45, 2.75) is 66.3 Å². The van der Waals surface area contributed by atoms with Crippen LogP contribution in [-0.4, -0.2) is 32.8 Å². The normalized spacial score (nSPS) is 24.5. The Morgan fingerprint density at radius 2 is 1.56 bits per heavy atom. The zero-order valence-electron chi connectivity index (χ0n) is 20.5. The van der Waals surface area contributed by atoms with Gasteiger partial charge in [-0.3, -0.25) is 4.99 Å². The Hall–Kier alpha value is -2.90. The van der Waals surface area contributed by atoms with Gasteiger partial charge < -0.3 is 11.5 Å². The van der Waals surface area contributed by atoms with Crippen LogP contribution in [0.1, 0.15) is 42.9 Å². The largest absolute Gasteiger partial charge is 0.435 e. The highest BCUT2D eigenvalue weighted by atomic mass is 32.2. The number of halogens is 8. The Morgan fingerprint density at radius 1 is 0.974 bits per heavy atom. The number of rotatable bonds is 5. The van der Waals surface area contributed by atoms with Crippen molar-refractivity contribution >= 4 is 15.8 Å². The van der Waals surface area contributed by atoms with E-state index in [4.69, 9.17) is 11.5 Å². The fourth-order valence-electron chi connectivity index (χ4n) is 6.33. The zero-order chi connectivity index (χ0) is 29.2. The molecule has 0 aliphatic heterocycles. The molecule has 2 aliphatic rings. The number of benzene rings is 2. The molecule has 1 saturated carbocycles. The fraction of sp³-hybridized carbons (Fsp3) is 0.480. The second-order valence-corrected chi connectivity index (χ2v) is 12.2. The number of hydrogen-bond donors (Lipinski definition) is 2. The molecule has 0 bridgehead atoms. The monoisotopic (exact) mass is 583 g/mol. The van der Waals surface area contributed by atoms with Crippen molar-refractivity contribution < 1.29 is 43.5 Å². The molecule has 0 aromatic heterocycles. The van der Waals surface area contributed by atoms with Crippen LogP contribution in [0.4, 0.5) is 35.1 Å². The standard InChI is InChI=1S/C25H25F8N3O2S/c1-13(36-21(34)35)18-10-11-22(39(37,38)17-6-4-16(26)5-7-17)19-9-3-15(12-14(19)2-8-20(18)22)23(27,24(28,29)30)25(31,32)33/h3-7,9,12-13,18,20H,2,8,10-11H2,1H3,(H4,34,35,36)/t13-,18-,20-,22+/m0/s1. The Balaban J connectivity index is 1.96. The van der Waals surface area contributed by atoms with Crippen LogP contribution in [-0.2, 0) is 26.7 Å². The van der Waals surface area contributed by atoms with Crippen LogP contribution < -0.4 is 11.5 Å². The molecule has 0 unspecified atom stereocenters. The Bertz CT molecular complexity index is 1370. The van der Waals surface area contributed by atoms with Crippen molar-refractivity contribution in [3.63, 3.8) is 0 Å². The van der Waals surface area contributed by atoms with E-state index >= 15 is 0 Å². The fourth-order valence-corrected chi connectivity index (χ4v) is 8.81. The molecule has 0 saturated heterocycles. The summed E-state index contributed by atoms with van der Waals surface area (Å²) in [6.45, 7) is 1.67. The minimum Gasteiger partial charge on any atom is -0.370 e. The third-order valence-electron chi connectivity index (χ3n) is 8.01. The maximum atomic E-state index is 14.9. The molecule has 214 valence electrons. The molecular formula is C25H25F8N3O2S. The third kappa shape index (κ3) is 4.34. The zero-order valence-corrected chi connectivity index (χ0v) is 21.3. The first-order valence-corrected chi connectivity index (χ1v) is 13.4. The van der Waals surface area contributed by atoms with Crippen LogP contribution in [0, 0.1) is 17.7 Å². The van der Waals surface area contributed by atoms with Gasteiger partial charge in [-0.2, -0.15) is 26.3 Å². The first-order valence-electron chi connectivity index (χ1n) is 11.9. The maximum absolute atomic E-state index is 14.9. The van der Waals surface area contributed by atoms with Crippen molar-refractivity contribution in [2.24, 2.45) is 28.3 Å². The molecule has 0 heterocycles. The average Bonchev–Trinajstić information content (AvgIpc) is 3.23. The van der Waals surface area contributed by atoms with Gasteiger partial charge in [0.25, 0.3) is 0 Å². The number of nitrogens with two attached hydrogens (primary N) is 2. The maximum Gasteiger partial charge on any atom is 0.435 e. The van der Waals surface area contributed by atoms with Crippen molar-refractivity contribution in [1.29, 1.82) is 0 Å². The Kier molecular flexibility index (Phi) is 6.97. The summed E-state index contributed by atoms with van der Waals surface area (Å²) in [4.78, 5) is 3.86. The van der Waals surface area contributed by atoms with Gasteiger partial charge in [0, 0.05) is 5.56 Å². The number of fused-ring (bicyclic) bond motifs is 3. The van der Waals surface area contributed by atoms with Gasteiger partial charge in [-0.05, 0) is 79.8 Å². The third-order valence-corrected chi connectivity index (χ3v) is 10.6. The van der Waals surface area contributed by atoms with E-state index in [0.29, 0.717) is 12.1 Å². The van der Waals surface area contributed by atoms with Crippen molar-refractivity contribution in [3.8, 4) is 0 Å². The van der Waals surface area contributed by atoms with Gasteiger partial charge in [-0.25, -0.2) is 17.2 Å². The molecule has 5 nitrogen and oxygen atoms in total. The van der Waals surface area contributed by atoms with Gasteiger partial charge in [0.2, 0.25) is 0 Å². The summed E-state index contributed by atoms with van der Waals surface area (Å²) in [6, 6.07) is 5.06. The summed E-state index contributed by atoms with van der Waals surface area (Å²) < 4.78 is 136. The molecule has 39 heavy (non-hydrogen) atoms. The summed E-state index contributed by atoms with van der Waals surface area (Å²) in [7, 11) is -4.41. The van der Waals surface area contributed by atoms with Crippen LogP contribution in [0.15, 0.2) is 52.4 Å². The number of nitrogens with zero attached hydrogens (tertiary/aromatic N) is 1. The van der Waals surface area contributed by atoms with E-state index in [1.54, 1.807) is 6.92 Å². The topological polar surface area (TPSA) is 98.5 Å². The molecule has 14 heteroatoms. The number of aryl methyl sites for hydroxylation is 1. The van der Waals surface area contributed by atoms with E-state index in [1.165, 1.54) is 0 Å². The second-order valence-electron chi connectivity index (χ2n) is 10.0. The van der Waals surface area contributed by atoms with Crippen LogP contribution in [0.5, 0.6) is 0 Å². The Labute approximate surface area is 219 Å². The molecule has 2 aliphatic carbocycles. The summed E-state index contributed by atoms with van der Waals surface area (Å²) in [6.07, 6.45) is -12.5. The van der Waals surface area contributed by atoms with Gasteiger partial charge in [0.1, 0.15) is 10.6 Å². The van der Waals surface area contributed by atoms with Crippen molar-refractivity contribution in [1.82, 2.24) is 0 Å². The predicted molar refractivity (Wildman–Crippen MR) is 126 cm³/mol. The molecule has 0 spiro atoms. The predicted octanol–water partition coefficient (Wildman–Crippen LogP) is 5.42. The van der Waals surface area contributed by atoms with Gasteiger partial charge >= 0.3 is 18.0 Å². The summed E-state index contributed by atoms with van der Waals surface area (Å²) in [5.41, 5.74) is 3.53. The van der Waals surface area contributed by atoms with E-state index in [0.717, 1.165) is 30.3 Å². The van der Waals surface area contributed by atoms with E-state index in [1.807, 2.05) is 0 Å². The quantitative estimate of drug-likeness (QED) is 0.213. The number of alkyl halides is 7. The average molecular weight is 584 g/mol. The first-order chi connectivity index (χ1) is 17.9. The van der Waals surface area contributed by atoms with Gasteiger partial charge in [0.05, 0.1) is 10.9 Å². The van der Waals surface area contributed by atoms with Gasteiger partial charge in [-0.15, -0.1) is 0 Å². The van der Waals surface area contributed by atoms with Crippen LogP contribution in [0.3, 0.4) is 0 Å². The number of hydrogen-bond acceptors (Lipinski definition) is 3. The van der Waals surface area contributed by atoms with Crippen molar-refractivity contribution in [2.75, 3.05) is 0 Å². The molecule has 2 aromatic carbocycles. The smallest absolute Gasteiger partial charge is 0.370 e. The highest BCUT2D eigenvalue weighted by molar-refractivity contribution is 7.92. The first kappa shape index (κ1) is 29.1. The van der Waals surface area contributed by atoms with E-state index in [9.17, 15) is 43.5 Å². The van der Waals surface area contributed by atoms with E-state index in [2.05, 4.69) is 4.99 Å².